The molecule has 106 valence electrons. The van der Waals surface area contributed by atoms with Crippen LogP contribution in [0.15, 0.2) is 0 Å². The summed E-state index contributed by atoms with van der Waals surface area (Å²) in [4.78, 5) is 37.7. The summed E-state index contributed by atoms with van der Waals surface area (Å²) in [6.45, 7) is 2.47. The lowest BCUT2D eigenvalue weighted by atomic mass is 9.97. The Balaban J connectivity index is 1.98. The molecule has 2 aliphatic rings. The highest BCUT2D eigenvalue weighted by Crippen LogP contribution is 2.19. The molecule has 0 aromatic heterocycles. The molecule has 0 bridgehead atoms. The molecule has 0 aliphatic carbocycles. The zero-order chi connectivity index (χ0) is 14.0. The molecule has 7 heteroatoms. The van der Waals surface area contributed by atoms with Gasteiger partial charge in [-0.1, -0.05) is 0 Å². The fourth-order valence-electron chi connectivity index (χ4n) is 2.68. The number of piperidine rings is 1. The van der Waals surface area contributed by atoms with E-state index in [1.807, 2.05) is 6.92 Å². The van der Waals surface area contributed by atoms with Crippen molar-refractivity contribution in [3.63, 3.8) is 0 Å². The Morgan fingerprint density at radius 1 is 1.47 bits per heavy atom. The second-order valence-corrected chi connectivity index (χ2v) is 5.22. The van der Waals surface area contributed by atoms with E-state index in [0.717, 1.165) is 19.3 Å². The molecule has 0 unspecified atom stereocenters. The van der Waals surface area contributed by atoms with Crippen molar-refractivity contribution in [2.75, 3.05) is 19.6 Å². The van der Waals surface area contributed by atoms with Gasteiger partial charge in [-0.2, -0.15) is 0 Å². The summed E-state index contributed by atoms with van der Waals surface area (Å²) in [7, 11) is 0. The lowest BCUT2D eigenvalue weighted by Gasteiger charge is -2.38. The quantitative estimate of drug-likeness (QED) is 0.659. The van der Waals surface area contributed by atoms with E-state index < -0.39 is 6.03 Å². The maximum Gasteiger partial charge on any atom is 0.325 e. The van der Waals surface area contributed by atoms with Gasteiger partial charge in [-0.3, -0.25) is 14.9 Å². The molecule has 0 spiro atoms. The molecule has 4 amide bonds. The van der Waals surface area contributed by atoms with Gasteiger partial charge < -0.3 is 15.5 Å². The SMILES string of the molecule is C[C@H](N)[C@@H]1CCCCN1C(=O)CN1CC(=O)NC1=O. The maximum absolute atomic E-state index is 12.3. The monoisotopic (exact) mass is 268 g/mol. The van der Waals surface area contributed by atoms with Crippen LogP contribution in [0.5, 0.6) is 0 Å². The second-order valence-electron chi connectivity index (χ2n) is 5.22. The third-order valence-electron chi connectivity index (χ3n) is 3.67. The zero-order valence-electron chi connectivity index (χ0n) is 11.1. The molecule has 0 radical (unpaired) electrons. The van der Waals surface area contributed by atoms with Gasteiger partial charge in [0.1, 0.15) is 13.1 Å². The first-order chi connectivity index (χ1) is 8.99. The van der Waals surface area contributed by atoms with E-state index in [2.05, 4.69) is 5.32 Å². The van der Waals surface area contributed by atoms with E-state index >= 15 is 0 Å². The molecule has 2 fully saturated rings. The van der Waals surface area contributed by atoms with E-state index in [9.17, 15) is 14.4 Å². The molecular formula is C12H20N4O3. The van der Waals surface area contributed by atoms with Crippen molar-refractivity contribution in [1.82, 2.24) is 15.1 Å². The number of carbonyl (C=O) groups is 3. The van der Waals surface area contributed by atoms with Gasteiger partial charge in [-0.25, -0.2) is 4.79 Å². The van der Waals surface area contributed by atoms with Crippen LogP contribution in [-0.4, -0.2) is 59.4 Å². The van der Waals surface area contributed by atoms with Gasteiger partial charge in [0.25, 0.3) is 0 Å². The van der Waals surface area contributed by atoms with Crippen LogP contribution in [0.1, 0.15) is 26.2 Å². The van der Waals surface area contributed by atoms with Crippen LogP contribution in [0, 0.1) is 0 Å². The minimum absolute atomic E-state index is 0.0302. The number of hydrogen-bond acceptors (Lipinski definition) is 4. The molecule has 3 N–H and O–H groups in total. The minimum atomic E-state index is -0.493. The van der Waals surface area contributed by atoms with Crippen LogP contribution in [0.3, 0.4) is 0 Å². The zero-order valence-corrected chi connectivity index (χ0v) is 11.1. The maximum atomic E-state index is 12.3. The van der Waals surface area contributed by atoms with Gasteiger partial charge in [-0.05, 0) is 26.2 Å². The van der Waals surface area contributed by atoms with Crippen molar-refractivity contribution in [3.05, 3.63) is 0 Å². The molecule has 2 heterocycles. The van der Waals surface area contributed by atoms with Crippen LogP contribution >= 0.6 is 0 Å². The fraction of sp³-hybridized carbons (Fsp3) is 0.750. The van der Waals surface area contributed by atoms with Crippen LogP contribution in [-0.2, 0) is 9.59 Å². The summed E-state index contributed by atoms with van der Waals surface area (Å²) in [5, 5.41) is 2.16. The number of hydrogen-bond donors (Lipinski definition) is 2. The van der Waals surface area contributed by atoms with Gasteiger partial charge >= 0.3 is 6.03 Å². The lowest BCUT2D eigenvalue weighted by molar-refractivity contribution is -0.135. The third kappa shape index (κ3) is 3.04. The van der Waals surface area contributed by atoms with Crippen molar-refractivity contribution >= 4 is 17.8 Å². The normalized spacial score (nSPS) is 25.5. The molecular weight excluding hydrogens is 248 g/mol. The summed E-state index contributed by atoms with van der Waals surface area (Å²) in [5.41, 5.74) is 5.91. The third-order valence-corrected chi connectivity index (χ3v) is 3.67. The van der Waals surface area contributed by atoms with E-state index in [-0.39, 0.29) is 37.0 Å². The predicted molar refractivity (Wildman–Crippen MR) is 68.1 cm³/mol. The molecule has 2 rings (SSSR count). The Kier molecular flexibility index (Phi) is 4.04. The standard InChI is InChI=1S/C12H20N4O3/c1-8(13)9-4-2-3-5-16(9)11(18)7-15-6-10(17)14-12(15)19/h8-9H,2-7,13H2,1H3,(H,14,17,19)/t8-,9-/m0/s1. The van der Waals surface area contributed by atoms with Crippen molar-refractivity contribution in [2.45, 2.75) is 38.3 Å². The number of nitrogens with one attached hydrogen (secondary N) is 1. The van der Waals surface area contributed by atoms with E-state index in [0.29, 0.717) is 6.54 Å². The Morgan fingerprint density at radius 2 is 2.21 bits per heavy atom. The molecule has 2 aliphatic heterocycles. The Hall–Kier alpha value is -1.63. The van der Waals surface area contributed by atoms with E-state index in [4.69, 9.17) is 5.73 Å². The first-order valence-corrected chi connectivity index (χ1v) is 6.63. The fourth-order valence-corrected chi connectivity index (χ4v) is 2.68. The first kappa shape index (κ1) is 13.8. The first-order valence-electron chi connectivity index (χ1n) is 6.63. The highest BCUT2D eigenvalue weighted by Gasteiger charge is 2.33. The topological polar surface area (TPSA) is 95.7 Å². The number of nitrogens with zero attached hydrogens (tertiary/aromatic N) is 2. The van der Waals surface area contributed by atoms with Gasteiger partial charge in [0, 0.05) is 18.6 Å². The summed E-state index contributed by atoms with van der Waals surface area (Å²) in [6.07, 6.45) is 2.92. The number of amides is 4. The van der Waals surface area contributed by atoms with Gasteiger partial charge in [-0.15, -0.1) is 0 Å². The Labute approximate surface area is 112 Å². The van der Waals surface area contributed by atoms with Crippen LogP contribution in [0.2, 0.25) is 0 Å². The average molecular weight is 268 g/mol. The van der Waals surface area contributed by atoms with Crippen molar-refractivity contribution in [2.24, 2.45) is 5.73 Å². The number of rotatable bonds is 3. The molecule has 0 aromatic rings. The molecule has 7 nitrogen and oxygen atoms in total. The smallest absolute Gasteiger partial charge is 0.325 e. The molecule has 19 heavy (non-hydrogen) atoms. The summed E-state index contributed by atoms with van der Waals surface area (Å²) in [5.74, 6) is -0.493. The molecule has 0 saturated carbocycles. The van der Waals surface area contributed by atoms with Crippen molar-refractivity contribution in [3.8, 4) is 0 Å². The number of nitrogens with two attached hydrogens (primary N) is 1. The number of carbonyl (C=O) groups excluding carboxylic acids is 3. The highest BCUT2D eigenvalue weighted by molar-refractivity contribution is 6.03. The van der Waals surface area contributed by atoms with Crippen molar-refractivity contribution in [1.29, 1.82) is 0 Å². The van der Waals surface area contributed by atoms with Gasteiger partial charge in [0.2, 0.25) is 11.8 Å². The molecule has 0 aromatic carbocycles. The minimum Gasteiger partial charge on any atom is -0.337 e. The van der Waals surface area contributed by atoms with Crippen LogP contribution in [0.4, 0.5) is 4.79 Å². The number of urea groups is 1. The Morgan fingerprint density at radius 3 is 2.79 bits per heavy atom. The second kappa shape index (κ2) is 5.56. The van der Waals surface area contributed by atoms with Gasteiger partial charge in [0.05, 0.1) is 0 Å². The number of imide groups is 1. The highest BCUT2D eigenvalue weighted by atomic mass is 16.2. The average Bonchev–Trinajstić information content (AvgIpc) is 2.67. The predicted octanol–water partition coefficient (Wildman–Crippen LogP) is -0.733. The number of likely N-dealkylation sites (tertiary alicyclic amines) is 1. The molecule has 2 atom stereocenters. The van der Waals surface area contributed by atoms with Crippen LogP contribution in [0.25, 0.3) is 0 Å². The molecule has 2 saturated heterocycles. The van der Waals surface area contributed by atoms with Crippen LogP contribution < -0.4 is 11.1 Å². The van der Waals surface area contributed by atoms with E-state index in [1.165, 1.54) is 4.90 Å². The Bertz CT molecular complexity index is 396. The summed E-state index contributed by atoms with van der Waals surface area (Å²) < 4.78 is 0. The largest absolute Gasteiger partial charge is 0.337 e. The summed E-state index contributed by atoms with van der Waals surface area (Å²) in [6, 6.07) is -0.548. The van der Waals surface area contributed by atoms with Crippen molar-refractivity contribution < 1.29 is 14.4 Å². The lowest BCUT2D eigenvalue weighted by Crippen LogP contribution is -2.54. The van der Waals surface area contributed by atoms with Gasteiger partial charge in [0.15, 0.2) is 0 Å². The van der Waals surface area contributed by atoms with E-state index in [1.54, 1.807) is 4.90 Å². The summed E-state index contributed by atoms with van der Waals surface area (Å²) >= 11 is 0.